The van der Waals surface area contributed by atoms with Crippen molar-refractivity contribution in [3.05, 3.63) is 36.4 Å². The standard InChI is InChI=1S/C17H21BrO2/c1-2-12-19-16-9-10-17(20-13-6-5-11-18)15-8-4-3-7-14(15)16/h3-4,7-10H,2,5-6,11-13H2,1H3. The number of rotatable bonds is 8. The average molecular weight is 337 g/mol. The van der Waals surface area contributed by atoms with Gasteiger partial charge in [-0.05, 0) is 31.4 Å². The summed E-state index contributed by atoms with van der Waals surface area (Å²) in [7, 11) is 0. The summed E-state index contributed by atoms with van der Waals surface area (Å²) in [6, 6.07) is 12.3. The van der Waals surface area contributed by atoms with Gasteiger partial charge in [-0.3, -0.25) is 0 Å². The monoisotopic (exact) mass is 336 g/mol. The van der Waals surface area contributed by atoms with Crippen molar-refractivity contribution in [1.29, 1.82) is 0 Å². The van der Waals surface area contributed by atoms with E-state index in [4.69, 9.17) is 9.47 Å². The first-order valence-corrected chi connectivity index (χ1v) is 8.32. The highest BCUT2D eigenvalue weighted by molar-refractivity contribution is 9.09. The Kier molecular flexibility index (Phi) is 6.19. The molecule has 0 unspecified atom stereocenters. The fourth-order valence-electron chi connectivity index (χ4n) is 2.09. The number of ether oxygens (including phenoxy) is 2. The van der Waals surface area contributed by atoms with Crippen LogP contribution in [0.3, 0.4) is 0 Å². The highest BCUT2D eigenvalue weighted by atomic mass is 79.9. The van der Waals surface area contributed by atoms with Gasteiger partial charge in [-0.25, -0.2) is 0 Å². The molecule has 0 saturated carbocycles. The largest absolute Gasteiger partial charge is 0.493 e. The molecule has 0 fully saturated rings. The van der Waals surface area contributed by atoms with Crippen LogP contribution in [0.4, 0.5) is 0 Å². The van der Waals surface area contributed by atoms with Crippen LogP contribution in [0.2, 0.25) is 0 Å². The summed E-state index contributed by atoms with van der Waals surface area (Å²) >= 11 is 3.44. The summed E-state index contributed by atoms with van der Waals surface area (Å²) in [5.74, 6) is 1.88. The summed E-state index contributed by atoms with van der Waals surface area (Å²) in [6.45, 7) is 3.61. The van der Waals surface area contributed by atoms with Crippen LogP contribution in [-0.4, -0.2) is 18.5 Å². The van der Waals surface area contributed by atoms with Gasteiger partial charge in [-0.2, -0.15) is 0 Å². The second kappa shape index (κ2) is 8.15. The number of fused-ring (bicyclic) bond motifs is 1. The first-order chi connectivity index (χ1) is 9.86. The molecule has 0 spiro atoms. The zero-order valence-corrected chi connectivity index (χ0v) is 13.5. The lowest BCUT2D eigenvalue weighted by molar-refractivity contribution is 0.309. The molecule has 0 saturated heterocycles. The third kappa shape index (κ3) is 3.89. The van der Waals surface area contributed by atoms with Gasteiger partial charge in [0.2, 0.25) is 0 Å². The molecule has 0 heterocycles. The van der Waals surface area contributed by atoms with Crippen LogP contribution in [0.1, 0.15) is 26.2 Å². The molecule has 0 aliphatic rings. The molecule has 2 nitrogen and oxygen atoms in total. The quantitative estimate of drug-likeness (QED) is 0.488. The Morgan fingerprint density at radius 3 is 2.00 bits per heavy atom. The van der Waals surface area contributed by atoms with Crippen LogP contribution in [0.25, 0.3) is 10.8 Å². The molecule has 0 aliphatic carbocycles. The van der Waals surface area contributed by atoms with Crippen molar-refractivity contribution in [3.63, 3.8) is 0 Å². The minimum atomic E-state index is 0.745. The van der Waals surface area contributed by atoms with E-state index in [0.717, 1.165) is 60.1 Å². The lowest BCUT2D eigenvalue weighted by Gasteiger charge is -2.13. The SMILES string of the molecule is CCCOc1ccc(OCCCCBr)c2ccccc12. The van der Waals surface area contributed by atoms with Crippen molar-refractivity contribution >= 4 is 26.7 Å². The first kappa shape index (κ1) is 15.2. The van der Waals surface area contributed by atoms with Crippen molar-refractivity contribution in [2.24, 2.45) is 0 Å². The van der Waals surface area contributed by atoms with Gasteiger partial charge in [-0.1, -0.05) is 47.1 Å². The van der Waals surface area contributed by atoms with E-state index < -0.39 is 0 Å². The maximum Gasteiger partial charge on any atom is 0.127 e. The second-order valence-electron chi connectivity index (χ2n) is 4.70. The van der Waals surface area contributed by atoms with Crippen LogP contribution in [0.15, 0.2) is 36.4 Å². The molecule has 0 bridgehead atoms. The Morgan fingerprint density at radius 2 is 1.45 bits per heavy atom. The Bertz CT molecular complexity index is 540. The zero-order chi connectivity index (χ0) is 14.2. The lowest BCUT2D eigenvalue weighted by Crippen LogP contribution is -2.00. The molecule has 0 atom stereocenters. The van der Waals surface area contributed by atoms with Crippen LogP contribution in [0, 0.1) is 0 Å². The summed E-state index contributed by atoms with van der Waals surface area (Å²) in [5.41, 5.74) is 0. The summed E-state index contributed by atoms with van der Waals surface area (Å²) in [6.07, 6.45) is 3.21. The van der Waals surface area contributed by atoms with E-state index in [-0.39, 0.29) is 0 Å². The number of hydrogen-bond acceptors (Lipinski definition) is 2. The highest BCUT2D eigenvalue weighted by Crippen LogP contribution is 2.33. The topological polar surface area (TPSA) is 18.5 Å². The Morgan fingerprint density at radius 1 is 0.850 bits per heavy atom. The predicted octanol–water partition coefficient (Wildman–Crippen LogP) is 5.18. The molecule has 0 radical (unpaired) electrons. The van der Waals surface area contributed by atoms with Gasteiger partial charge < -0.3 is 9.47 Å². The third-order valence-corrected chi connectivity index (χ3v) is 3.65. The van der Waals surface area contributed by atoms with Crippen LogP contribution in [-0.2, 0) is 0 Å². The normalized spacial score (nSPS) is 10.7. The number of benzene rings is 2. The summed E-state index contributed by atoms with van der Waals surface area (Å²) in [5, 5.41) is 3.28. The molecule has 0 aliphatic heterocycles. The number of alkyl halides is 1. The molecule has 2 rings (SSSR count). The maximum absolute atomic E-state index is 5.90. The van der Waals surface area contributed by atoms with E-state index in [9.17, 15) is 0 Å². The minimum absolute atomic E-state index is 0.745. The number of halogens is 1. The molecule has 2 aromatic rings. The highest BCUT2D eigenvalue weighted by Gasteiger charge is 2.07. The molecule has 0 amide bonds. The van der Waals surface area contributed by atoms with E-state index in [0.29, 0.717) is 0 Å². The fourth-order valence-corrected chi connectivity index (χ4v) is 2.48. The Balaban J connectivity index is 2.19. The molecular weight excluding hydrogens is 316 g/mol. The molecular formula is C17H21BrO2. The Labute approximate surface area is 129 Å². The maximum atomic E-state index is 5.90. The van der Waals surface area contributed by atoms with E-state index in [1.165, 1.54) is 0 Å². The Hall–Kier alpha value is -1.22. The van der Waals surface area contributed by atoms with Crippen molar-refractivity contribution < 1.29 is 9.47 Å². The van der Waals surface area contributed by atoms with Gasteiger partial charge in [0.1, 0.15) is 11.5 Å². The van der Waals surface area contributed by atoms with E-state index in [1.807, 2.05) is 24.3 Å². The fraction of sp³-hybridized carbons (Fsp3) is 0.412. The number of hydrogen-bond donors (Lipinski definition) is 0. The van der Waals surface area contributed by atoms with E-state index in [1.54, 1.807) is 0 Å². The zero-order valence-electron chi connectivity index (χ0n) is 11.9. The van der Waals surface area contributed by atoms with Crippen molar-refractivity contribution in [1.82, 2.24) is 0 Å². The smallest absolute Gasteiger partial charge is 0.127 e. The summed E-state index contributed by atoms with van der Waals surface area (Å²) < 4.78 is 11.7. The number of unbranched alkanes of at least 4 members (excludes halogenated alkanes) is 1. The van der Waals surface area contributed by atoms with Gasteiger partial charge in [0.25, 0.3) is 0 Å². The van der Waals surface area contributed by atoms with Crippen LogP contribution >= 0.6 is 15.9 Å². The molecule has 0 N–H and O–H groups in total. The molecule has 3 heteroatoms. The second-order valence-corrected chi connectivity index (χ2v) is 5.49. The average Bonchev–Trinajstić information content (AvgIpc) is 2.50. The van der Waals surface area contributed by atoms with Gasteiger partial charge in [-0.15, -0.1) is 0 Å². The first-order valence-electron chi connectivity index (χ1n) is 7.20. The summed E-state index contributed by atoms with van der Waals surface area (Å²) in [4.78, 5) is 0. The molecule has 0 aromatic heterocycles. The van der Waals surface area contributed by atoms with Crippen LogP contribution in [0.5, 0.6) is 11.5 Å². The van der Waals surface area contributed by atoms with Gasteiger partial charge >= 0.3 is 0 Å². The third-order valence-electron chi connectivity index (χ3n) is 3.09. The molecule has 20 heavy (non-hydrogen) atoms. The minimum Gasteiger partial charge on any atom is -0.493 e. The van der Waals surface area contributed by atoms with E-state index >= 15 is 0 Å². The van der Waals surface area contributed by atoms with Crippen molar-refractivity contribution in [2.75, 3.05) is 18.5 Å². The molecule has 108 valence electrons. The van der Waals surface area contributed by atoms with Crippen molar-refractivity contribution in [2.45, 2.75) is 26.2 Å². The van der Waals surface area contributed by atoms with Gasteiger partial charge in [0, 0.05) is 16.1 Å². The predicted molar refractivity (Wildman–Crippen MR) is 88.3 cm³/mol. The van der Waals surface area contributed by atoms with Crippen LogP contribution < -0.4 is 9.47 Å². The van der Waals surface area contributed by atoms with Gasteiger partial charge in [0.15, 0.2) is 0 Å². The van der Waals surface area contributed by atoms with Gasteiger partial charge in [0.05, 0.1) is 13.2 Å². The molecule has 2 aromatic carbocycles. The lowest BCUT2D eigenvalue weighted by atomic mass is 10.1. The van der Waals surface area contributed by atoms with Crippen molar-refractivity contribution in [3.8, 4) is 11.5 Å². The van der Waals surface area contributed by atoms with E-state index in [2.05, 4.69) is 35.0 Å².